The lowest BCUT2D eigenvalue weighted by Crippen LogP contribution is -2.10. The Kier molecular flexibility index (Phi) is 3.19. The quantitative estimate of drug-likeness (QED) is 0.396. The predicted molar refractivity (Wildman–Crippen MR) is 61.6 cm³/mol. The van der Waals surface area contributed by atoms with Gasteiger partial charge in [-0.3, -0.25) is 0 Å². The molecule has 0 aliphatic heterocycles. The summed E-state index contributed by atoms with van der Waals surface area (Å²) in [4.78, 5) is 2.78. The Morgan fingerprint density at radius 3 is 2.50 bits per heavy atom. The van der Waals surface area contributed by atoms with E-state index in [1.54, 1.807) is 0 Å². The van der Waals surface area contributed by atoms with Crippen molar-refractivity contribution in [2.24, 2.45) is 5.11 Å². The molecule has 1 aromatic carbocycles. The van der Waals surface area contributed by atoms with E-state index >= 15 is 0 Å². The Hall–Kier alpha value is -0.990. The van der Waals surface area contributed by atoms with Crippen LogP contribution in [0.3, 0.4) is 0 Å². The van der Waals surface area contributed by atoms with Crippen LogP contribution in [-0.4, -0.2) is 0 Å². The number of benzene rings is 1. The number of nitrogens with zero attached hydrogens (tertiary/aromatic N) is 3. The molecule has 14 heavy (non-hydrogen) atoms. The van der Waals surface area contributed by atoms with Crippen molar-refractivity contribution in [2.45, 2.75) is 26.2 Å². The highest BCUT2D eigenvalue weighted by Gasteiger charge is 2.14. The van der Waals surface area contributed by atoms with Gasteiger partial charge in [0, 0.05) is 9.38 Å². The van der Waals surface area contributed by atoms with Gasteiger partial charge in [0.2, 0.25) is 0 Å². The van der Waals surface area contributed by atoms with Crippen LogP contribution in [0.25, 0.3) is 10.4 Å². The Morgan fingerprint density at radius 2 is 2.00 bits per heavy atom. The van der Waals surface area contributed by atoms with E-state index in [0.29, 0.717) is 5.69 Å². The molecule has 0 N–H and O–H groups in total. The molecule has 0 radical (unpaired) electrons. The molecular weight excluding hydrogens is 242 g/mol. The molecule has 0 unspecified atom stereocenters. The molecule has 4 heteroatoms. The summed E-state index contributed by atoms with van der Waals surface area (Å²) in [5.41, 5.74) is 10.2. The van der Waals surface area contributed by atoms with E-state index in [2.05, 4.69) is 46.7 Å². The zero-order valence-corrected chi connectivity index (χ0v) is 10.0. The second kappa shape index (κ2) is 4.03. The largest absolute Gasteiger partial charge is 0.0596 e. The smallest absolute Gasteiger partial charge is 0.0520 e. The van der Waals surface area contributed by atoms with Gasteiger partial charge in [-0.1, -0.05) is 47.9 Å². The van der Waals surface area contributed by atoms with Gasteiger partial charge < -0.3 is 0 Å². The zero-order chi connectivity index (χ0) is 10.8. The minimum Gasteiger partial charge on any atom is -0.0596 e. The van der Waals surface area contributed by atoms with E-state index in [1.165, 1.54) is 0 Å². The van der Waals surface area contributed by atoms with Gasteiger partial charge in [0.1, 0.15) is 0 Å². The Balaban J connectivity index is 3.26. The molecule has 0 aliphatic carbocycles. The molecule has 0 spiro atoms. The lowest BCUT2D eigenvalue weighted by Gasteiger charge is -2.19. The summed E-state index contributed by atoms with van der Waals surface area (Å²) in [5, 5.41) is 3.61. The van der Waals surface area contributed by atoms with Crippen LogP contribution in [0, 0.1) is 0 Å². The third kappa shape index (κ3) is 2.50. The van der Waals surface area contributed by atoms with Gasteiger partial charge >= 0.3 is 0 Å². The predicted octanol–water partition coefficient (Wildman–Crippen LogP) is 4.69. The van der Waals surface area contributed by atoms with Gasteiger partial charge in [-0.2, -0.15) is 0 Å². The van der Waals surface area contributed by atoms with Crippen molar-refractivity contribution in [3.8, 4) is 0 Å². The molecule has 1 aromatic rings. The summed E-state index contributed by atoms with van der Waals surface area (Å²) in [5.74, 6) is 0. The van der Waals surface area contributed by atoms with E-state index in [9.17, 15) is 0 Å². The topological polar surface area (TPSA) is 48.8 Å². The lowest BCUT2D eigenvalue weighted by molar-refractivity contribution is 0.590. The van der Waals surface area contributed by atoms with Crippen molar-refractivity contribution in [3.05, 3.63) is 38.7 Å². The standard InChI is InChI=1S/C10H12BrN3/c1-10(2,3)7-4-5-8(11)9(6-7)13-14-12/h4-6H,1-3H3. The normalized spacial score (nSPS) is 10.9. The first-order chi connectivity index (χ1) is 6.45. The number of rotatable bonds is 1. The van der Waals surface area contributed by atoms with Crippen LogP contribution in [0.4, 0.5) is 5.69 Å². The van der Waals surface area contributed by atoms with Crippen LogP contribution in [0.2, 0.25) is 0 Å². The van der Waals surface area contributed by atoms with Gasteiger partial charge in [0.25, 0.3) is 0 Å². The molecule has 0 aromatic heterocycles. The highest BCUT2D eigenvalue weighted by molar-refractivity contribution is 9.10. The molecule has 0 saturated carbocycles. The highest BCUT2D eigenvalue weighted by Crippen LogP contribution is 2.31. The molecule has 74 valence electrons. The first kappa shape index (κ1) is 11.1. The summed E-state index contributed by atoms with van der Waals surface area (Å²) in [6.07, 6.45) is 0. The Morgan fingerprint density at radius 1 is 1.36 bits per heavy atom. The number of hydrogen-bond donors (Lipinski definition) is 0. The fourth-order valence-electron chi connectivity index (χ4n) is 1.10. The molecule has 0 atom stereocenters. The Labute approximate surface area is 91.9 Å². The molecule has 0 heterocycles. The summed E-state index contributed by atoms with van der Waals surface area (Å²) >= 11 is 3.33. The number of halogens is 1. The second-order valence-corrected chi connectivity index (χ2v) is 4.96. The van der Waals surface area contributed by atoms with Crippen molar-refractivity contribution in [3.63, 3.8) is 0 Å². The van der Waals surface area contributed by atoms with Crippen LogP contribution >= 0.6 is 15.9 Å². The maximum Gasteiger partial charge on any atom is 0.0520 e. The molecule has 1 rings (SSSR count). The van der Waals surface area contributed by atoms with Crippen molar-refractivity contribution in [2.75, 3.05) is 0 Å². The van der Waals surface area contributed by atoms with Crippen LogP contribution in [0.1, 0.15) is 26.3 Å². The van der Waals surface area contributed by atoms with Crippen molar-refractivity contribution in [1.82, 2.24) is 0 Å². The third-order valence-corrected chi connectivity index (χ3v) is 2.64. The molecule has 0 bridgehead atoms. The first-order valence-corrected chi connectivity index (χ1v) is 5.09. The van der Waals surface area contributed by atoms with E-state index in [0.717, 1.165) is 10.0 Å². The van der Waals surface area contributed by atoms with Crippen LogP contribution in [-0.2, 0) is 5.41 Å². The van der Waals surface area contributed by atoms with E-state index < -0.39 is 0 Å². The second-order valence-electron chi connectivity index (χ2n) is 4.11. The Bertz CT molecular complexity index is 387. The van der Waals surface area contributed by atoms with Crippen molar-refractivity contribution < 1.29 is 0 Å². The molecule has 0 fully saturated rings. The summed E-state index contributed by atoms with van der Waals surface area (Å²) in [6.45, 7) is 6.36. The average Bonchev–Trinajstić information content (AvgIpc) is 2.07. The van der Waals surface area contributed by atoms with Crippen LogP contribution in [0.15, 0.2) is 27.8 Å². The zero-order valence-electron chi connectivity index (χ0n) is 8.45. The maximum absolute atomic E-state index is 8.38. The summed E-state index contributed by atoms with van der Waals surface area (Å²) in [6, 6.07) is 5.84. The number of azide groups is 1. The molecule has 0 saturated heterocycles. The average molecular weight is 254 g/mol. The van der Waals surface area contributed by atoms with Crippen LogP contribution < -0.4 is 0 Å². The molecular formula is C10H12BrN3. The highest BCUT2D eigenvalue weighted by atomic mass is 79.9. The van der Waals surface area contributed by atoms with E-state index in [4.69, 9.17) is 5.53 Å². The van der Waals surface area contributed by atoms with Gasteiger partial charge in [-0.05, 0) is 28.6 Å². The molecule has 0 amide bonds. The van der Waals surface area contributed by atoms with Crippen LogP contribution in [0.5, 0.6) is 0 Å². The van der Waals surface area contributed by atoms with E-state index in [-0.39, 0.29) is 5.41 Å². The monoisotopic (exact) mass is 253 g/mol. The molecule has 0 aliphatic rings. The fraction of sp³-hybridized carbons (Fsp3) is 0.400. The SMILES string of the molecule is CC(C)(C)c1ccc(Br)c(N=[N+]=[N-])c1. The minimum absolute atomic E-state index is 0.0699. The third-order valence-electron chi connectivity index (χ3n) is 1.96. The fourth-order valence-corrected chi connectivity index (χ4v) is 1.43. The lowest BCUT2D eigenvalue weighted by atomic mass is 9.87. The molecule has 3 nitrogen and oxygen atoms in total. The van der Waals surface area contributed by atoms with E-state index in [1.807, 2.05) is 18.2 Å². The van der Waals surface area contributed by atoms with Crippen molar-refractivity contribution >= 4 is 21.6 Å². The summed E-state index contributed by atoms with van der Waals surface area (Å²) in [7, 11) is 0. The van der Waals surface area contributed by atoms with Gasteiger partial charge in [0.05, 0.1) is 5.69 Å². The summed E-state index contributed by atoms with van der Waals surface area (Å²) < 4.78 is 0.823. The first-order valence-electron chi connectivity index (χ1n) is 4.30. The minimum atomic E-state index is 0.0699. The van der Waals surface area contributed by atoms with Gasteiger partial charge in [-0.25, -0.2) is 0 Å². The number of hydrogen-bond acceptors (Lipinski definition) is 1. The van der Waals surface area contributed by atoms with Gasteiger partial charge in [0.15, 0.2) is 0 Å². The van der Waals surface area contributed by atoms with Gasteiger partial charge in [-0.15, -0.1) is 0 Å². The maximum atomic E-state index is 8.38. The van der Waals surface area contributed by atoms with Crippen molar-refractivity contribution in [1.29, 1.82) is 0 Å².